The van der Waals surface area contributed by atoms with Gasteiger partial charge in [0.2, 0.25) is 0 Å². The Morgan fingerprint density at radius 3 is 1.92 bits per heavy atom. The van der Waals surface area contributed by atoms with Crippen molar-refractivity contribution >= 4 is 7.85 Å². The first-order valence-electron chi connectivity index (χ1n) is 5.26. The van der Waals surface area contributed by atoms with Crippen molar-refractivity contribution in [3.8, 4) is 0 Å². The Bertz CT molecular complexity index is 145. The summed E-state index contributed by atoms with van der Waals surface area (Å²) >= 11 is 0. The third kappa shape index (κ3) is 8.36. The van der Waals surface area contributed by atoms with Gasteiger partial charge in [-0.05, 0) is 31.5 Å². The molecule has 0 aliphatic heterocycles. The highest BCUT2D eigenvalue weighted by Gasteiger charge is 2.22. The monoisotopic (exact) mass is 184 g/mol. The molecule has 0 unspecified atom stereocenters. The first-order valence-corrected chi connectivity index (χ1v) is 5.26. The fraction of sp³-hybridized carbons (Fsp3) is 1.00. The van der Waals surface area contributed by atoms with Crippen LogP contribution in [0.2, 0.25) is 5.31 Å². The van der Waals surface area contributed by atoms with Crippen molar-refractivity contribution in [2.45, 2.75) is 58.9 Å². The maximum atomic E-state index is 5.90. The van der Waals surface area contributed by atoms with Gasteiger partial charge < -0.3 is 4.74 Å². The zero-order valence-corrected chi connectivity index (χ0v) is 10.4. The van der Waals surface area contributed by atoms with Crippen molar-refractivity contribution < 1.29 is 4.74 Å². The molecule has 78 valence electrons. The molecule has 0 aliphatic carbocycles. The van der Waals surface area contributed by atoms with Crippen LogP contribution >= 0.6 is 0 Å². The van der Waals surface area contributed by atoms with Gasteiger partial charge in [0.05, 0.1) is 5.60 Å². The van der Waals surface area contributed by atoms with Crippen LogP contribution in [0.4, 0.5) is 0 Å². The lowest BCUT2D eigenvalue weighted by molar-refractivity contribution is -0.0403. The Balaban J connectivity index is 3.89. The molecule has 1 nitrogen and oxygen atoms in total. The van der Waals surface area contributed by atoms with Crippen molar-refractivity contribution in [1.82, 2.24) is 0 Å². The lowest BCUT2D eigenvalue weighted by Crippen LogP contribution is -2.29. The molecule has 2 heteroatoms. The van der Waals surface area contributed by atoms with Crippen molar-refractivity contribution in [2.24, 2.45) is 5.92 Å². The Morgan fingerprint density at radius 1 is 1.15 bits per heavy atom. The van der Waals surface area contributed by atoms with Gasteiger partial charge in [-0.2, -0.15) is 0 Å². The molecule has 0 aromatic rings. The first-order chi connectivity index (χ1) is 5.62. The second-order valence-corrected chi connectivity index (χ2v) is 6.21. The topological polar surface area (TPSA) is 9.23 Å². The molecule has 13 heavy (non-hydrogen) atoms. The van der Waals surface area contributed by atoms with Gasteiger partial charge in [-0.1, -0.05) is 27.7 Å². The quantitative estimate of drug-likeness (QED) is 0.597. The van der Waals surface area contributed by atoms with Gasteiger partial charge in [0, 0.05) is 6.61 Å². The van der Waals surface area contributed by atoms with Gasteiger partial charge in [0.25, 0.3) is 0 Å². The third-order valence-corrected chi connectivity index (χ3v) is 1.80. The molecule has 0 fully saturated rings. The van der Waals surface area contributed by atoms with Crippen LogP contribution in [0.25, 0.3) is 0 Å². The van der Waals surface area contributed by atoms with E-state index in [4.69, 9.17) is 4.74 Å². The maximum absolute atomic E-state index is 5.90. The molecule has 0 aromatic carbocycles. The molecule has 0 aliphatic rings. The van der Waals surface area contributed by atoms with Crippen molar-refractivity contribution in [3.05, 3.63) is 0 Å². The average molecular weight is 184 g/mol. The summed E-state index contributed by atoms with van der Waals surface area (Å²) in [6, 6.07) is 0. The Kier molecular flexibility index (Phi) is 4.51. The van der Waals surface area contributed by atoms with E-state index in [1.165, 1.54) is 0 Å². The Labute approximate surface area is 84.7 Å². The van der Waals surface area contributed by atoms with Gasteiger partial charge >= 0.3 is 0 Å². The van der Waals surface area contributed by atoms with Crippen LogP contribution in [0.3, 0.4) is 0 Å². The normalized spacial score (nSPS) is 13.8. The molecule has 0 bridgehead atoms. The Morgan fingerprint density at radius 2 is 1.62 bits per heavy atom. The van der Waals surface area contributed by atoms with Crippen LogP contribution in [0.5, 0.6) is 0 Å². The van der Waals surface area contributed by atoms with E-state index in [2.05, 4.69) is 49.4 Å². The highest BCUT2D eigenvalue weighted by atomic mass is 16.5. The zero-order chi connectivity index (χ0) is 10.7. The van der Waals surface area contributed by atoms with Crippen molar-refractivity contribution in [3.63, 3.8) is 0 Å². The summed E-state index contributed by atoms with van der Waals surface area (Å²) in [5, 5.41) is 0.272. The van der Waals surface area contributed by atoms with Gasteiger partial charge in [0.1, 0.15) is 7.85 Å². The van der Waals surface area contributed by atoms with E-state index >= 15 is 0 Å². The predicted octanol–water partition coefficient (Wildman–Crippen LogP) is 2.66. The van der Waals surface area contributed by atoms with Gasteiger partial charge in [-0.15, -0.1) is 0 Å². The fourth-order valence-electron chi connectivity index (χ4n) is 1.45. The highest BCUT2D eigenvalue weighted by molar-refractivity contribution is 6.14. The summed E-state index contributed by atoms with van der Waals surface area (Å²) < 4.78 is 5.90. The van der Waals surface area contributed by atoms with Crippen molar-refractivity contribution in [1.29, 1.82) is 0 Å². The number of hydrogen-bond acceptors (Lipinski definition) is 1. The summed E-state index contributed by atoms with van der Waals surface area (Å²) in [7, 11) is 2.21. The van der Waals surface area contributed by atoms with Crippen LogP contribution < -0.4 is 0 Å². The number of rotatable bonds is 5. The molecule has 0 N–H and O–H groups in total. The summed E-state index contributed by atoms with van der Waals surface area (Å²) in [6.45, 7) is 14.1. The third-order valence-electron chi connectivity index (χ3n) is 1.80. The molecule has 0 heterocycles. The predicted molar refractivity (Wildman–Crippen MR) is 62.1 cm³/mol. The summed E-state index contributed by atoms with van der Waals surface area (Å²) in [6.07, 6.45) is 1.13. The minimum atomic E-state index is 0.0292. The van der Waals surface area contributed by atoms with Crippen molar-refractivity contribution in [2.75, 3.05) is 6.61 Å². The van der Waals surface area contributed by atoms with Crippen LogP contribution in [0, 0.1) is 5.92 Å². The van der Waals surface area contributed by atoms with Crippen LogP contribution in [-0.4, -0.2) is 20.1 Å². The lowest BCUT2D eigenvalue weighted by atomic mass is 9.73. The summed E-state index contributed by atoms with van der Waals surface area (Å²) in [5.41, 5.74) is 0.0292. The molecule has 0 rings (SSSR count). The number of hydrogen-bond donors (Lipinski definition) is 0. The van der Waals surface area contributed by atoms with E-state index in [1.54, 1.807) is 0 Å². The summed E-state index contributed by atoms with van der Waals surface area (Å²) in [5.74, 6) is 0.704. The molecule has 0 aromatic heterocycles. The summed E-state index contributed by atoms with van der Waals surface area (Å²) in [4.78, 5) is 0. The van der Waals surface area contributed by atoms with Crippen LogP contribution in [0.1, 0.15) is 48.0 Å². The SMILES string of the molecule is BC(C)(C)COC(C)(C)CC(C)C. The van der Waals surface area contributed by atoms with E-state index in [9.17, 15) is 0 Å². The van der Waals surface area contributed by atoms with E-state index in [1.807, 2.05) is 0 Å². The number of ether oxygens (including phenoxy) is 1. The van der Waals surface area contributed by atoms with E-state index < -0.39 is 0 Å². The average Bonchev–Trinajstić information content (AvgIpc) is 1.79. The molecule has 0 atom stereocenters. The molecular formula is C11H25BO. The lowest BCUT2D eigenvalue weighted by Gasteiger charge is -2.31. The maximum Gasteiger partial charge on any atom is 0.111 e. The highest BCUT2D eigenvalue weighted by Crippen LogP contribution is 2.25. The smallest absolute Gasteiger partial charge is 0.111 e. The Hall–Kier alpha value is 0.0249. The molecule has 0 spiro atoms. The second kappa shape index (κ2) is 4.50. The van der Waals surface area contributed by atoms with Crippen LogP contribution in [-0.2, 0) is 4.74 Å². The van der Waals surface area contributed by atoms with E-state index in [0.29, 0.717) is 5.92 Å². The minimum Gasteiger partial charge on any atom is -0.376 e. The standard InChI is InChI=1S/C11H25BO/c1-9(2)7-11(5,6)13-8-10(3,4)12/h9H,7-8,12H2,1-6H3. The van der Waals surface area contributed by atoms with Crippen LogP contribution in [0.15, 0.2) is 0 Å². The van der Waals surface area contributed by atoms with Gasteiger partial charge in [-0.25, -0.2) is 0 Å². The van der Waals surface area contributed by atoms with E-state index in [-0.39, 0.29) is 10.9 Å². The molecule has 0 saturated carbocycles. The zero-order valence-electron chi connectivity index (χ0n) is 10.4. The second-order valence-electron chi connectivity index (χ2n) is 6.21. The largest absolute Gasteiger partial charge is 0.376 e. The van der Waals surface area contributed by atoms with Gasteiger partial charge in [0.15, 0.2) is 0 Å². The minimum absolute atomic E-state index is 0.0292. The molecule has 0 saturated heterocycles. The van der Waals surface area contributed by atoms with E-state index in [0.717, 1.165) is 13.0 Å². The molecule has 0 radical (unpaired) electrons. The first kappa shape index (κ1) is 13.0. The fourth-order valence-corrected chi connectivity index (χ4v) is 1.45. The van der Waals surface area contributed by atoms with Gasteiger partial charge in [-0.3, -0.25) is 0 Å². The molecular weight excluding hydrogens is 159 g/mol. The molecule has 0 amide bonds.